The molecule has 2 heteroatoms. The zero-order chi connectivity index (χ0) is 14.1. The Balaban J connectivity index is 1.89. The highest BCUT2D eigenvalue weighted by Crippen LogP contribution is 2.39. The van der Waals surface area contributed by atoms with Crippen LogP contribution in [0.4, 0.5) is 0 Å². The van der Waals surface area contributed by atoms with E-state index < -0.39 is 0 Å². The van der Waals surface area contributed by atoms with Gasteiger partial charge in [-0.3, -0.25) is 0 Å². The molecule has 2 nitrogen and oxygen atoms in total. The van der Waals surface area contributed by atoms with Crippen molar-refractivity contribution in [3.05, 3.63) is 0 Å². The molecule has 1 saturated heterocycles. The van der Waals surface area contributed by atoms with Gasteiger partial charge in [0.15, 0.2) is 0 Å². The van der Waals surface area contributed by atoms with Crippen molar-refractivity contribution < 1.29 is 0 Å². The first kappa shape index (κ1) is 15.3. The Morgan fingerprint density at radius 1 is 1.11 bits per heavy atom. The Labute approximate surface area is 120 Å². The Morgan fingerprint density at radius 2 is 1.84 bits per heavy atom. The predicted molar refractivity (Wildman–Crippen MR) is 83.2 cm³/mol. The van der Waals surface area contributed by atoms with E-state index in [0.717, 1.165) is 5.92 Å². The molecule has 2 aliphatic rings. The zero-order valence-corrected chi connectivity index (χ0v) is 13.5. The number of likely N-dealkylation sites (tertiary alicyclic amines) is 1. The minimum atomic E-state index is 0.377. The van der Waals surface area contributed by atoms with Gasteiger partial charge in [0.2, 0.25) is 0 Å². The van der Waals surface area contributed by atoms with Gasteiger partial charge < -0.3 is 10.6 Å². The van der Waals surface area contributed by atoms with Crippen molar-refractivity contribution in [3.63, 3.8) is 0 Å². The summed E-state index contributed by atoms with van der Waals surface area (Å²) in [4.78, 5) is 2.71. The van der Waals surface area contributed by atoms with E-state index in [1.54, 1.807) is 0 Å². The molecule has 1 aliphatic carbocycles. The van der Waals surface area contributed by atoms with Crippen molar-refractivity contribution in [2.24, 2.45) is 22.5 Å². The highest BCUT2D eigenvalue weighted by atomic mass is 15.1. The first-order chi connectivity index (χ1) is 8.81. The molecule has 3 atom stereocenters. The Kier molecular flexibility index (Phi) is 4.62. The van der Waals surface area contributed by atoms with E-state index in [-0.39, 0.29) is 0 Å². The molecule has 1 heterocycles. The molecule has 0 spiro atoms. The summed E-state index contributed by atoms with van der Waals surface area (Å²) in [6, 6.07) is 0.425. The maximum atomic E-state index is 6.34. The van der Waals surface area contributed by atoms with Crippen LogP contribution in [0.5, 0.6) is 0 Å². The van der Waals surface area contributed by atoms with E-state index in [1.165, 1.54) is 58.2 Å². The minimum Gasteiger partial charge on any atom is -0.327 e. The molecule has 1 saturated carbocycles. The molecule has 0 radical (unpaired) electrons. The van der Waals surface area contributed by atoms with Crippen LogP contribution in [0.2, 0.25) is 0 Å². The number of nitrogens with two attached hydrogens (primary N) is 1. The van der Waals surface area contributed by atoms with Gasteiger partial charge in [0.25, 0.3) is 0 Å². The normalized spacial score (nSPS) is 38.4. The molecule has 1 aliphatic heterocycles. The number of hydrogen-bond donors (Lipinski definition) is 1. The largest absolute Gasteiger partial charge is 0.327 e. The van der Waals surface area contributed by atoms with Crippen molar-refractivity contribution in [3.8, 4) is 0 Å². The highest BCUT2D eigenvalue weighted by Gasteiger charge is 2.38. The number of hydrogen-bond acceptors (Lipinski definition) is 2. The van der Waals surface area contributed by atoms with Gasteiger partial charge >= 0.3 is 0 Å². The maximum absolute atomic E-state index is 6.34. The van der Waals surface area contributed by atoms with E-state index in [1.807, 2.05) is 0 Å². The van der Waals surface area contributed by atoms with Crippen LogP contribution in [0.25, 0.3) is 0 Å². The van der Waals surface area contributed by atoms with E-state index >= 15 is 0 Å². The monoisotopic (exact) mass is 266 g/mol. The Bertz CT molecular complexity index is 294. The molecule has 2 N–H and O–H groups in total. The van der Waals surface area contributed by atoms with E-state index in [9.17, 15) is 0 Å². The van der Waals surface area contributed by atoms with Gasteiger partial charge in [0.1, 0.15) is 0 Å². The summed E-state index contributed by atoms with van der Waals surface area (Å²) < 4.78 is 0. The summed E-state index contributed by atoms with van der Waals surface area (Å²) in [5.41, 5.74) is 7.19. The molecule has 2 fully saturated rings. The third kappa shape index (κ3) is 3.72. The van der Waals surface area contributed by atoms with Gasteiger partial charge in [-0.2, -0.15) is 0 Å². The van der Waals surface area contributed by atoms with Crippen molar-refractivity contribution in [2.45, 2.75) is 72.3 Å². The quantitative estimate of drug-likeness (QED) is 0.826. The van der Waals surface area contributed by atoms with Gasteiger partial charge in [0, 0.05) is 12.6 Å². The molecule has 2 rings (SSSR count). The second-order valence-electron chi connectivity index (χ2n) is 8.42. The van der Waals surface area contributed by atoms with Crippen LogP contribution in [0.3, 0.4) is 0 Å². The Morgan fingerprint density at radius 3 is 2.42 bits per heavy atom. The van der Waals surface area contributed by atoms with Gasteiger partial charge in [-0.15, -0.1) is 0 Å². The smallest absolute Gasteiger partial charge is 0.0105 e. The fourth-order valence-electron chi connectivity index (χ4n) is 4.15. The first-order valence-corrected chi connectivity index (χ1v) is 8.29. The van der Waals surface area contributed by atoms with Gasteiger partial charge in [-0.1, -0.05) is 34.1 Å². The molecule has 0 aromatic rings. The van der Waals surface area contributed by atoms with Crippen molar-refractivity contribution in [1.29, 1.82) is 0 Å². The third-order valence-corrected chi connectivity index (χ3v) is 5.79. The molecule has 19 heavy (non-hydrogen) atoms. The van der Waals surface area contributed by atoms with Crippen molar-refractivity contribution in [1.82, 2.24) is 4.90 Å². The zero-order valence-electron chi connectivity index (χ0n) is 13.5. The average Bonchev–Trinajstić information content (AvgIpc) is 2.53. The molecular formula is C17H34N2. The fraction of sp³-hybridized carbons (Fsp3) is 1.00. The summed E-state index contributed by atoms with van der Waals surface area (Å²) in [5.74, 6) is 0.891. The molecule has 0 bridgehead atoms. The molecule has 0 aromatic heterocycles. The topological polar surface area (TPSA) is 29.3 Å². The van der Waals surface area contributed by atoms with E-state index in [0.29, 0.717) is 16.9 Å². The highest BCUT2D eigenvalue weighted by molar-refractivity contribution is 4.94. The van der Waals surface area contributed by atoms with Crippen molar-refractivity contribution in [2.75, 3.05) is 19.6 Å². The molecule has 0 amide bonds. The standard InChI is InChI=1S/C17H34N2/c1-16(2,3)14-7-6-11-19(12-9-14)13-17(4)10-5-8-15(17)18/h14-15H,5-13,18H2,1-4H3. The third-order valence-electron chi connectivity index (χ3n) is 5.79. The van der Waals surface area contributed by atoms with Crippen LogP contribution in [0, 0.1) is 16.7 Å². The van der Waals surface area contributed by atoms with Crippen LogP contribution in [-0.2, 0) is 0 Å². The summed E-state index contributed by atoms with van der Waals surface area (Å²) in [7, 11) is 0. The lowest BCUT2D eigenvalue weighted by Gasteiger charge is -2.35. The Hall–Kier alpha value is -0.0800. The molecule has 3 unspecified atom stereocenters. The summed E-state index contributed by atoms with van der Waals surface area (Å²) >= 11 is 0. The summed E-state index contributed by atoms with van der Waals surface area (Å²) in [5, 5.41) is 0. The number of nitrogens with zero attached hydrogens (tertiary/aromatic N) is 1. The van der Waals surface area contributed by atoms with Gasteiger partial charge in [-0.05, 0) is 61.9 Å². The van der Waals surface area contributed by atoms with Gasteiger partial charge in [0.05, 0.1) is 0 Å². The second-order valence-corrected chi connectivity index (χ2v) is 8.42. The minimum absolute atomic E-state index is 0.377. The lowest BCUT2D eigenvalue weighted by molar-refractivity contribution is 0.149. The first-order valence-electron chi connectivity index (χ1n) is 8.29. The molecule has 0 aromatic carbocycles. The van der Waals surface area contributed by atoms with E-state index in [4.69, 9.17) is 5.73 Å². The van der Waals surface area contributed by atoms with Crippen LogP contribution in [0.1, 0.15) is 66.2 Å². The maximum Gasteiger partial charge on any atom is 0.0105 e. The van der Waals surface area contributed by atoms with Crippen molar-refractivity contribution >= 4 is 0 Å². The second kappa shape index (κ2) is 5.73. The SMILES string of the molecule is CC(C)(C)C1CCCN(CC2(C)CCCC2N)CC1. The molecule has 112 valence electrons. The van der Waals surface area contributed by atoms with Crippen LogP contribution >= 0.6 is 0 Å². The molecular weight excluding hydrogens is 232 g/mol. The summed E-state index contributed by atoms with van der Waals surface area (Å²) in [6.07, 6.45) is 8.03. The average molecular weight is 266 g/mol. The summed E-state index contributed by atoms with van der Waals surface area (Å²) in [6.45, 7) is 13.4. The number of rotatable bonds is 2. The predicted octanol–water partition coefficient (Wildman–Crippen LogP) is 3.65. The van der Waals surface area contributed by atoms with Crippen LogP contribution < -0.4 is 5.73 Å². The van der Waals surface area contributed by atoms with Crippen LogP contribution in [-0.4, -0.2) is 30.6 Å². The van der Waals surface area contributed by atoms with Crippen LogP contribution in [0.15, 0.2) is 0 Å². The lowest BCUT2D eigenvalue weighted by Crippen LogP contribution is -2.44. The fourth-order valence-corrected chi connectivity index (χ4v) is 4.15. The van der Waals surface area contributed by atoms with E-state index in [2.05, 4.69) is 32.6 Å². The lowest BCUT2D eigenvalue weighted by atomic mass is 9.77. The van der Waals surface area contributed by atoms with Gasteiger partial charge in [-0.25, -0.2) is 0 Å².